The van der Waals surface area contributed by atoms with Crippen LogP contribution in [0.2, 0.25) is 5.02 Å². The van der Waals surface area contributed by atoms with Gasteiger partial charge in [0.25, 0.3) is 11.6 Å². The second-order valence-electron chi connectivity index (χ2n) is 5.50. The number of nitro benzene ring substituents is 1. The Kier molecular flexibility index (Phi) is 5.53. The van der Waals surface area contributed by atoms with Gasteiger partial charge in [-0.05, 0) is 24.3 Å². The Bertz CT molecular complexity index is 1090. The highest BCUT2D eigenvalue weighted by Gasteiger charge is 2.15. The number of nitrogens with one attached hydrogen (secondary N) is 1. The minimum absolute atomic E-state index is 0.0240. The first kappa shape index (κ1) is 18.9. The summed E-state index contributed by atoms with van der Waals surface area (Å²) in [6, 6.07) is 13.8. The van der Waals surface area contributed by atoms with Gasteiger partial charge in [-0.15, -0.1) is 0 Å². The molecule has 0 fully saturated rings. The molecule has 2 aromatic carbocycles. The Morgan fingerprint density at radius 1 is 1.32 bits per heavy atom. The lowest BCUT2D eigenvalue weighted by Crippen LogP contribution is -2.15. The van der Waals surface area contributed by atoms with Crippen molar-refractivity contribution in [1.29, 1.82) is 5.26 Å². The van der Waals surface area contributed by atoms with E-state index in [4.69, 9.17) is 21.6 Å². The number of ether oxygens (including phenoxy) is 1. The summed E-state index contributed by atoms with van der Waals surface area (Å²) in [6.45, 7) is 0.0397. The number of nitriles is 1. The van der Waals surface area contributed by atoms with Crippen LogP contribution in [0, 0.1) is 21.4 Å². The Morgan fingerprint density at radius 2 is 2.11 bits per heavy atom. The van der Waals surface area contributed by atoms with Crippen molar-refractivity contribution in [3.63, 3.8) is 0 Å². The summed E-state index contributed by atoms with van der Waals surface area (Å²) in [5.41, 5.74) is -0.0236. The lowest BCUT2D eigenvalue weighted by atomic mass is 10.1. The minimum atomic E-state index is -0.618. The maximum absolute atomic E-state index is 12.4. The molecule has 1 amide bonds. The van der Waals surface area contributed by atoms with Gasteiger partial charge in [0.1, 0.15) is 11.8 Å². The molecule has 1 N–H and O–H groups in total. The van der Waals surface area contributed by atoms with Crippen molar-refractivity contribution in [2.45, 2.75) is 6.73 Å². The molecule has 0 unspecified atom stereocenters. The van der Waals surface area contributed by atoms with E-state index in [0.29, 0.717) is 10.8 Å². The fourth-order valence-corrected chi connectivity index (χ4v) is 2.48. The number of hydrogen-bond acceptors (Lipinski definition) is 6. The van der Waals surface area contributed by atoms with Crippen molar-refractivity contribution in [1.82, 2.24) is 9.78 Å². The van der Waals surface area contributed by atoms with Crippen LogP contribution in [0.5, 0.6) is 5.75 Å². The van der Waals surface area contributed by atoms with E-state index in [0.717, 1.165) is 6.07 Å². The molecule has 0 radical (unpaired) electrons. The second-order valence-corrected chi connectivity index (χ2v) is 5.90. The average Bonchev–Trinajstić information content (AvgIpc) is 3.16. The Balaban J connectivity index is 1.68. The molecule has 0 spiro atoms. The normalized spacial score (nSPS) is 10.1. The van der Waals surface area contributed by atoms with Gasteiger partial charge in [0, 0.05) is 18.3 Å². The van der Waals surface area contributed by atoms with Gasteiger partial charge < -0.3 is 10.1 Å². The van der Waals surface area contributed by atoms with Gasteiger partial charge in [-0.3, -0.25) is 14.9 Å². The molecular weight excluding hydrogens is 386 g/mol. The number of amides is 1. The standard InChI is InChI=1S/C18H12ClN5O4/c19-14-3-1-2-4-17(14)28-11-23-8-7-16(22-23)18(25)21-15-6-5-13(24(26)27)9-12(15)10-20/h1-9H,11H2,(H,21,25). The zero-order valence-electron chi connectivity index (χ0n) is 14.2. The molecule has 0 saturated carbocycles. The van der Waals surface area contributed by atoms with E-state index in [9.17, 15) is 14.9 Å². The highest BCUT2D eigenvalue weighted by molar-refractivity contribution is 6.32. The fourth-order valence-electron chi connectivity index (χ4n) is 2.29. The molecule has 3 aromatic rings. The van der Waals surface area contributed by atoms with Crippen LogP contribution in [0.15, 0.2) is 54.7 Å². The van der Waals surface area contributed by atoms with Crippen LogP contribution >= 0.6 is 11.6 Å². The maximum Gasteiger partial charge on any atom is 0.276 e. The van der Waals surface area contributed by atoms with E-state index in [1.165, 1.54) is 22.9 Å². The van der Waals surface area contributed by atoms with Crippen LogP contribution in [-0.4, -0.2) is 20.6 Å². The summed E-state index contributed by atoms with van der Waals surface area (Å²) >= 11 is 6.01. The van der Waals surface area contributed by atoms with E-state index >= 15 is 0 Å². The molecule has 9 nitrogen and oxygen atoms in total. The number of rotatable bonds is 6. The van der Waals surface area contributed by atoms with Crippen molar-refractivity contribution >= 4 is 28.9 Å². The highest BCUT2D eigenvalue weighted by Crippen LogP contribution is 2.24. The third-order valence-corrected chi connectivity index (χ3v) is 3.96. The zero-order valence-corrected chi connectivity index (χ0v) is 15.0. The fraction of sp³-hybridized carbons (Fsp3) is 0.0556. The number of hydrogen-bond donors (Lipinski definition) is 1. The van der Waals surface area contributed by atoms with Gasteiger partial charge in [0.05, 0.1) is 21.2 Å². The molecule has 28 heavy (non-hydrogen) atoms. The van der Waals surface area contributed by atoms with Gasteiger partial charge in [-0.2, -0.15) is 10.4 Å². The SMILES string of the molecule is N#Cc1cc([N+](=O)[O-])ccc1NC(=O)c1ccn(COc2ccccc2Cl)n1. The van der Waals surface area contributed by atoms with Crippen LogP contribution in [0.1, 0.15) is 16.1 Å². The van der Waals surface area contributed by atoms with Crippen molar-refractivity contribution < 1.29 is 14.5 Å². The lowest BCUT2D eigenvalue weighted by Gasteiger charge is -2.07. The number of nitrogens with zero attached hydrogens (tertiary/aromatic N) is 4. The van der Waals surface area contributed by atoms with E-state index in [2.05, 4.69) is 10.4 Å². The molecule has 0 aliphatic carbocycles. The van der Waals surface area contributed by atoms with E-state index < -0.39 is 10.8 Å². The molecule has 0 aliphatic rings. The van der Waals surface area contributed by atoms with Crippen molar-refractivity contribution in [2.24, 2.45) is 0 Å². The van der Waals surface area contributed by atoms with Gasteiger partial charge in [-0.25, -0.2) is 4.68 Å². The van der Waals surface area contributed by atoms with Crippen LogP contribution in [0.25, 0.3) is 0 Å². The van der Waals surface area contributed by atoms with Gasteiger partial charge in [0.2, 0.25) is 0 Å². The maximum atomic E-state index is 12.4. The van der Waals surface area contributed by atoms with Crippen molar-refractivity contribution in [3.8, 4) is 11.8 Å². The number of benzene rings is 2. The van der Waals surface area contributed by atoms with Gasteiger partial charge >= 0.3 is 0 Å². The number of aromatic nitrogens is 2. The summed E-state index contributed by atoms with van der Waals surface area (Å²) < 4.78 is 6.94. The molecule has 0 atom stereocenters. The van der Waals surface area contributed by atoms with E-state index in [-0.39, 0.29) is 29.4 Å². The topological polar surface area (TPSA) is 123 Å². The summed E-state index contributed by atoms with van der Waals surface area (Å²) in [5, 5.41) is 27.0. The molecule has 1 heterocycles. The predicted octanol–water partition coefficient (Wildman–Crippen LogP) is 3.61. The molecule has 0 aliphatic heterocycles. The highest BCUT2D eigenvalue weighted by atomic mass is 35.5. The third kappa shape index (κ3) is 4.25. The summed E-state index contributed by atoms with van der Waals surface area (Å²) in [7, 11) is 0. The van der Waals surface area contributed by atoms with Gasteiger partial charge in [0.15, 0.2) is 12.4 Å². The monoisotopic (exact) mass is 397 g/mol. The number of non-ortho nitro benzene ring substituents is 1. The van der Waals surface area contributed by atoms with Crippen LogP contribution < -0.4 is 10.1 Å². The molecule has 0 bridgehead atoms. The molecule has 3 rings (SSSR count). The third-order valence-electron chi connectivity index (χ3n) is 3.64. The quantitative estimate of drug-likeness (QED) is 0.500. The van der Waals surface area contributed by atoms with Crippen LogP contribution in [-0.2, 0) is 6.73 Å². The number of carbonyl (C=O) groups is 1. The zero-order chi connectivity index (χ0) is 20.1. The number of carbonyl (C=O) groups excluding carboxylic acids is 1. The van der Waals surface area contributed by atoms with Gasteiger partial charge in [-0.1, -0.05) is 23.7 Å². The largest absolute Gasteiger partial charge is 0.470 e. The van der Waals surface area contributed by atoms with E-state index in [1.807, 2.05) is 6.07 Å². The summed E-state index contributed by atoms with van der Waals surface area (Å²) in [5.74, 6) is -0.0861. The molecule has 140 valence electrons. The Labute approximate surface area is 163 Å². The van der Waals surface area contributed by atoms with Crippen LogP contribution in [0.3, 0.4) is 0 Å². The summed E-state index contributed by atoms with van der Waals surface area (Å²) in [6.07, 6.45) is 1.55. The molecule has 1 aromatic heterocycles. The number of nitro groups is 1. The first-order chi connectivity index (χ1) is 13.5. The number of anilines is 1. The first-order valence-electron chi connectivity index (χ1n) is 7.88. The number of halogens is 1. The lowest BCUT2D eigenvalue weighted by molar-refractivity contribution is -0.384. The average molecular weight is 398 g/mol. The summed E-state index contributed by atoms with van der Waals surface area (Å²) in [4.78, 5) is 22.5. The first-order valence-corrected chi connectivity index (χ1v) is 8.26. The second kappa shape index (κ2) is 8.20. The molecule has 10 heteroatoms. The molecular formula is C18H12ClN5O4. The molecule has 0 saturated heterocycles. The smallest absolute Gasteiger partial charge is 0.276 e. The minimum Gasteiger partial charge on any atom is -0.470 e. The number of para-hydroxylation sites is 1. The Morgan fingerprint density at radius 3 is 2.82 bits per heavy atom. The predicted molar refractivity (Wildman–Crippen MR) is 100 cm³/mol. The van der Waals surface area contributed by atoms with Crippen molar-refractivity contribution in [2.75, 3.05) is 5.32 Å². The van der Waals surface area contributed by atoms with E-state index in [1.54, 1.807) is 30.5 Å². The van der Waals surface area contributed by atoms with Crippen molar-refractivity contribution in [3.05, 3.63) is 81.1 Å². The Hall–Kier alpha value is -3.90. The van der Waals surface area contributed by atoms with Crippen LogP contribution in [0.4, 0.5) is 11.4 Å².